The van der Waals surface area contributed by atoms with Gasteiger partial charge in [-0.05, 0) is 13.8 Å². The highest BCUT2D eigenvalue weighted by atomic mass is 32.2. The third kappa shape index (κ3) is 0.821. The van der Waals surface area contributed by atoms with Gasteiger partial charge in [-0.15, -0.1) is 11.8 Å². The van der Waals surface area contributed by atoms with Crippen LogP contribution in [0.15, 0.2) is 0 Å². The molecule has 2 rings (SSSR count). The van der Waals surface area contributed by atoms with E-state index >= 15 is 0 Å². The van der Waals surface area contributed by atoms with Crippen molar-refractivity contribution in [2.24, 2.45) is 0 Å². The molecule has 0 aliphatic carbocycles. The first-order valence-corrected chi connectivity index (χ1v) is 4.75. The van der Waals surface area contributed by atoms with Crippen LogP contribution in [0.3, 0.4) is 0 Å². The van der Waals surface area contributed by atoms with Crippen LogP contribution in [0, 0.1) is 0 Å². The summed E-state index contributed by atoms with van der Waals surface area (Å²) >= 11 is 1.45. The topological polar surface area (TPSA) is 44.8 Å². The van der Waals surface area contributed by atoms with Crippen molar-refractivity contribution in [1.82, 2.24) is 0 Å². The standard InChI is InChI=1S/C7H10O4S/c1-5(8)7-6(2,10-11-7)9-3-4-12-7/h3-4H2,1-2H3/t6-,7-/m0/s1. The lowest BCUT2D eigenvalue weighted by Crippen LogP contribution is -2.70. The van der Waals surface area contributed by atoms with Gasteiger partial charge in [0.25, 0.3) is 4.93 Å². The summed E-state index contributed by atoms with van der Waals surface area (Å²) in [5.74, 6) is -0.166. The number of carbonyl (C=O) groups excluding carboxylic acids is 1. The van der Waals surface area contributed by atoms with Crippen LogP contribution in [-0.2, 0) is 19.3 Å². The average molecular weight is 190 g/mol. The molecule has 0 spiro atoms. The predicted octanol–water partition coefficient (Wildman–Crippen LogP) is 0.713. The molecule has 5 heteroatoms. The van der Waals surface area contributed by atoms with Gasteiger partial charge in [0.2, 0.25) is 5.79 Å². The Hall–Kier alpha value is -0.100. The maximum absolute atomic E-state index is 11.3. The van der Waals surface area contributed by atoms with E-state index in [0.717, 1.165) is 5.75 Å². The van der Waals surface area contributed by atoms with Crippen LogP contribution in [0.2, 0.25) is 0 Å². The van der Waals surface area contributed by atoms with E-state index in [4.69, 9.17) is 14.5 Å². The molecule has 0 amide bonds. The molecule has 0 aromatic rings. The summed E-state index contributed by atoms with van der Waals surface area (Å²) in [7, 11) is 0. The molecule has 0 saturated carbocycles. The van der Waals surface area contributed by atoms with Crippen molar-refractivity contribution < 1.29 is 19.3 Å². The Morgan fingerprint density at radius 1 is 1.50 bits per heavy atom. The van der Waals surface area contributed by atoms with E-state index in [1.807, 2.05) is 0 Å². The van der Waals surface area contributed by atoms with Gasteiger partial charge in [0.05, 0.1) is 6.61 Å². The van der Waals surface area contributed by atoms with Gasteiger partial charge in [-0.1, -0.05) is 0 Å². The van der Waals surface area contributed by atoms with E-state index in [9.17, 15) is 4.79 Å². The number of ether oxygens (including phenoxy) is 1. The Kier molecular flexibility index (Phi) is 1.73. The fourth-order valence-corrected chi connectivity index (χ4v) is 2.51. The molecule has 0 aromatic heterocycles. The summed E-state index contributed by atoms with van der Waals surface area (Å²) in [6.07, 6.45) is 0. The Labute approximate surface area is 74.5 Å². The second-order valence-electron chi connectivity index (χ2n) is 2.98. The molecule has 4 nitrogen and oxygen atoms in total. The molecule has 2 heterocycles. The van der Waals surface area contributed by atoms with Crippen LogP contribution in [-0.4, -0.2) is 28.9 Å². The first-order chi connectivity index (χ1) is 5.61. The minimum atomic E-state index is -0.911. The Balaban J connectivity index is 2.28. The Morgan fingerprint density at radius 3 is 2.58 bits per heavy atom. The third-order valence-electron chi connectivity index (χ3n) is 2.15. The van der Waals surface area contributed by atoms with Crippen molar-refractivity contribution >= 4 is 17.5 Å². The van der Waals surface area contributed by atoms with E-state index in [1.165, 1.54) is 18.7 Å². The summed E-state index contributed by atoms with van der Waals surface area (Å²) in [6.45, 7) is 3.81. The predicted molar refractivity (Wildman–Crippen MR) is 42.4 cm³/mol. The van der Waals surface area contributed by atoms with Gasteiger partial charge in [-0.2, -0.15) is 4.89 Å². The van der Waals surface area contributed by atoms with Crippen LogP contribution >= 0.6 is 11.8 Å². The van der Waals surface area contributed by atoms with E-state index in [2.05, 4.69) is 0 Å². The van der Waals surface area contributed by atoms with E-state index in [0.29, 0.717) is 6.61 Å². The van der Waals surface area contributed by atoms with Crippen LogP contribution in [0.5, 0.6) is 0 Å². The largest absolute Gasteiger partial charge is 0.343 e. The molecular formula is C7H10O4S. The summed E-state index contributed by atoms with van der Waals surface area (Å²) in [4.78, 5) is 20.1. The van der Waals surface area contributed by atoms with E-state index in [1.54, 1.807) is 6.92 Å². The maximum atomic E-state index is 11.3. The molecule has 0 N–H and O–H groups in total. The van der Waals surface area contributed by atoms with Crippen molar-refractivity contribution in [1.29, 1.82) is 0 Å². The molecule has 0 aromatic carbocycles. The zero-order chi connectivity index (χ0) is 8.82. The number of ketones is 1. The van der Waals surface area contributed by atoms with Crippen LogP contribution < -0.4 is 0 Å². The molecule has 2 atom stereocenters. The molecule has 2 aliphatic rings. The minimum Gasteiger partial charge on any atom is -0.343 e. The van der Waals surface area contributed by atoms with Gasteiger partial charge in [0, 0.05) is 5.75 Å². The van der Waals surface area contributed by atoms with Gasteiger partial charge in [0.1, 0.15) is 0 Å². The highest BCUT2D eigenvalue weighted by Crippen LogP contribution is 2.52. The fraction of sp³-hybridized carbons (Fsp3) is 0.857. The monoisotopic (exact) mass is 190 g/mol. The van der Waals surface area contributed by atoms with Crippen molar-refractivity contribution in [2.75, 3.05) is 12.4 Å². The summed E-state index contributed by atoms with van der Waals surface area (Å²) in [5.41, 5.74) is 0. The van der Waals surface area contributed by atoms with E-state index < -0.39 is 10.7 Å². The lowest BCUT2D eigenvalue weighted by atomic mass is 10.1. The van der Waals surface area contributed by atoms with Crippen molar-refractivity contribution in [2.45, 2.75) is 24.6 Å². The molecule has 0 bridgehead atoms. The van der Waals surface area contributed by atoms with Gasteiger partial charge < -0.3 is 4.74 Å². The molecule has 0 radical (unpaired) electrons. The lowest BCUT2D eigenvalue weighted by Gasteiger charge is -2.53. The molecule has 2 aliphatic heterocycles. The smallest absolute Gasteiger partial charge is 0.262 e. The Morgan fingerprint density at radius 2 is 2.25 bits per heavy atom. The highest BCUT2D eigenvalue weighted by molar-refractivity contribution is 8.01. The Bertz CT molecular complexity index is 231. The van der Waals surface area contributed by atoms with Crippen molar-refractivity contribution in [3.63, 3.8) is 0 Å². The highest BCUT2D eigenvalue weighted by Gasteiger charge is 2.68. The second-order valence-corrected chi connectivity index (χ2v) is 4.25. The van der Waals surface area contributed by atoms with Gasteiger partial charge in [-0.25, -0.2) is 4.89 Å². The van der Waals surface area contributed by atoms with Crippen molar-refractivity contribution in [3.8, 4) is 0 Å². The van der Waals surface area contributed by atoms with Gasteiger partial charge in [-0.3, -0.25) is 4.79 Å². The number of hydrogen-bond acceptors (Lipinski definition) is 5. The normalized spacial score (nSPS) is 46.2. The average Bonchev–Trinajstić information content (AvgIpc) is 1.99. The fourth-order valence-electron chi connectivity index (χ4n) is 1.41. The molecule has 2 fully saturated rings. The third-order valence-corrected chi connectivity index (χ3v) is 3.65. The maximum Gasteiger partial charge on any atom is 0.262 e. The lowest BCUT2D eigenvalue weighted by molar-refractivity contribution is -0.567. The summed E-state index contributed by atoms with van der Waals surface area (Å²) in [5, 5.41) is 0. The molecule has 68 valence electrons. The van der Waals surface area contributed by atoms with Crippen LogP contribution in [0.1, 0.15) is 13.8 Å². The van der Waals surface area contributed by atoms with Crippen LogP contribution in [0.25, 0.3) is 0 Å². The first-order valence-electron chi connectivity index (χ1n) is 3.76. The minimum absolute atomic E-state index is 0.0547. The first kappa shape index (κ1) is 8.50. The zero-order valence-electron chi connectivity index (χ0n) is 6.96. The number of Topliss-reactive ketones (excluding diaryl/α,β-unsaturated/α-hetero) is 1. The quantitative estimate of drug-likeness (QED) is 0.570. The second kappa shape index (κ2) is 2.45. The number of thioether (sulfide) groups is 1. The number of hydrogen-bond donors (Lipinski definition) is 0. The summed E-state index contributed by atoms with van der Waals surface area (Å²) < 4.78 is 5.34. The number of fused-ring (bicyclic) bond motifs is 1. The van der Waals surface area contributed by atoms with Crippen molar-refractivity contribution in [3.05, 3.63) is 0 Å². The molecular weight excluding hydrogens is 180 g/mol. The summed E-state index contributed by atoms with van der Waals surface area (Å²) in [6, 6.07) is 0. The van der Waals surface area contributed by atoms with Gasteiger partial charge in [0.15, 0.2) is 5.78 Å². The molecule has 0 unspecified atom stereocenters. The number of carbonyl (C=O) groups is 1. The van der Waals surface area contributed by atoms with Crippen LogP contribution in [0.4, 0.5) is 0 Å². The van der Waals surface area contributed by atoms with E-state index in [-0.39, 0.29) is 5.78 Å². The SMILES string of the molecule is CC(=O)[C@@]12OO[C@]1(C)OCCS2. The molecule has 12 heavy (non-hydrogen) atoms. The zero-order valence-corrected chi connectivity index (χ0v) is 7.77. The molecule has 2 saturated heterocycles. The van der Waals surface area contributed by atoms with Gasteiger partial charge >= 0.3 is 0 Å². The number of rotatable bonds is 1.